The van der Waals surface area contributed by atoms with E-state index in [1.165, 1.54) is 33.8 Å². The Morgan fingerprint density at radius 2 is 1.97 bits per heavy atom. The summed E-state index contributed by atoms with van der Waals surface area (Å²) in [6.07, 6.45) is 0.599. The van der Waals surface area contributed by atoms with Crippen LogP contribution in [0.5, 0.6) is 0 Å². The number of halogens is 2. The van der Waals surface area contributed by atoms with Crippen molar-refractivity contribution in [3.05, 3.63) is 63.5 Å². The van der Waals surface area contributed by atoms with Crippen molar-refractivity contribution in [2.45, 2.75) is 36.8 Å². The summed E-state index contributed by atoms with van der Waals surface area (Å²) in [5.74, 6) is -0.651. The summed E-state index contributed by atoms with van der Waals surface area (Å²) >= 11 is 13.4. The number of morpholine rings is 1. The van der Waals surface area contributed by atoms with Crippen molar-refractivity contribution in [2.75, 3.05) is 26.2 Å². The highest BCUT2D eigenvalue weighted by Crippen LogP contribution is 2.28. The van der Waals surface area contributed by atoms with E-state index < -0.39 is 22.2 Å². The van der Waals surface area contributed by atoms with Crippen molar-refractivity contribution in [3.8, 4) is 0 Å². The standard InChI is InChI=1S/C25H27Cl2N3O5S2/c1-2-5-20(29-25(32)22-12-16-6-3-4-7-21(16)36-22)24(31)28-14-18-15-30(10-11-35-18)37(33,34)23-9-8-17(26)13-19(23)27/h3-4,6-9,12-13,18,20H,2,5,10-11,14-15H2,1H3,(H,28,31)(H,29,32)/t18?,20-/m0/s1. The summed E-state index contributed by atoms with van der Waals surface area (Å²) in [5.41, 5.74) is 0. The summed E-state index contributed by atoms with van der Waals surface area (Å²) in [4.78, 5) is 26.3. The monoisotopic (exact) mass is 583 g/mol. The van der Waals surface area contributed by atoms with Crippen molar-refractivity contribution in [2.24, 2.45) is 0 Å². The lowest BCUT2D eigenvalue weighted by Crippen LogP contribution is -2.52. The van der Waals surface area contributed by atoms with Crippen LogP contribution in [0.3, 0.4) is 0 Å². The molecule has 2 aromatic carbocycles. The molecule has 2 atom stereocenters. The predicted octanol–water partition coefficient (Wildman–Crippen LogP) is 4.31. The van der Waals surface area contributed by atoms with Gasteiger partial charge in [-0.15, -0.1) is 11.3 Å². The number of nitrogens with zero attached hydrogens (tertiary/aromatic N) is 1. The van der Waals surface area contributed by atoms with Crippen LogP contribution in [0.2, 0.25) is 10.0 Å². The van der Waals surface area contributed by atoms with Crippen molar-refractivity contribution < 1.29 is 22.7 Å². The second kappa shape index (κ2) is 12.1. The number of amides is 2. The number of rotatable bonds is 9. The van der Waals surface area contributed by atoms with Gasteiger partial charge in [0.05, 0.1) is 22.6 Å². The first-order chi connectivity index (χ1) is 17.7. The zero-order valence-corrected chi connectivity index (χ0v) is 23.2. The highest BCUT2D eigenvalue weighted by molar-refractivity contribution is 7.89. The number of hydrogen-bond acceptors (Lipinski definition) is 6. The van der Waals surface area contributed by atoms with Crippen LogP contribution >= 0.6 is 34.5 Å². The van der Waals surface area contributed by atoms with Gasteiger partial charge in [-0.25, -0.2) is 8.42 Å². The molecule has 1 aliphatic rings. The molecule has 8 nitrogen and oxygen atoms in total. The molecule has 198 valence electrons. The molecule has 1 aromatic heterocycles. The average Bonchev–Trinajstić information content (AvgIpc) is 3.31. The minimum absolute atomic E-state index is 0.0322. The first-order valence-corrected chi connectivity index (χ1v) is 14.8. The molecule has 1 aliphatic heterocycles. The van der Waals surface area contributed by atoms with Crippen LogP contribution in [0.1, 0.15) is 29.4 Å². The molecule has 0 aliphatic carbocycles. The van der Waals surface area contributed by atoms with Crippen molar-refractivity contribution in [3.63, 3.8) is 0 Å². The molecule has 1 fully saturated rings. The Hall–Kier alpha value is -2.21. The molecule has 0 radical (unpaired) electrons. The van der Waals surface area contributed by atoms with Gasteiger partial charge < -0.3 is 15.4 Å². The summed E-state index contributed by atoms with van der Waals surface area (Å²) in [7, 11) is -3.87. The fourth-order valence-corrected chi connectivity index (χ4v) is 7.24. The molecule has 4 rings (SSSR count). The second-order valence-corrected chi connectivity index (χ2v) is 12.5. The maximum absolute atomic E-state index is 13.1. The van der Waals surface area contributed by atoms with Crippen LogP contribution in [0.15, 0.2) is 53.4 Å². The number of ether oxygens (including phenoxy) is 1. The van der Waals surface area contributed by atoms with Crippen LogP contribution in [0.4, 0.5) is 0 Å². The highest BCUT2D eigenvalue weighted by Gasteiger charge is 2.33. The van der Waals surface area contributed by atoms with E-state index in [1.54, 1.807) is 0 Å². The van der Waals surface area contributed by atoms with Crippen LogP contribution in [0, 0.1) is 0 Å². The average molecular weight is 585 g/mol. The lowest BCUT2D eigenvalue weighted by atomic mass is 10.1. The van der Waals surface area contributed by atoms with Gasteiger partial charge in [-0.2, -0.15) is 4.31 Å². The smallest absolute Gasteiger partial charge is 0.262 e. The molecule has 1 saturated heterocycles. The van der Waals surface area contributed by atoms with E-state index in [0.29, 0.717) is 22.7 Å². The van der Waals surface area contributed by atoms with Gasteiger partial charge in [-0.05, 0) is 42.1 Å². The summed E-state index contributed by atoms with van der Waals surface area (Å²) in [5, 5.41) is 7.00. The number of benzene rings is 2. The number of carbonyl (C=O) groups excluding carboxylic acids is 2. The van der Waals surface area contributed by atoms with E-state index >= 15 is 0 Å². The molecule has 0 bridgehead atoms. The lowest BCUT2D eigenvalue weighted by Gasteiger charge is -2.32. The molecule has 0 saturated carbocycles. The maximum atomic E-state index is 13.1. The first kappa shape index (κ1) is 27.8. The number of fused-ring (bicyclic) bond motifs is 1. The highest BCUT2D eigenvalue weighted by atomic mass is 35.5. The third-order valence-corrected chi connectivity index (χ3v) is 9.66. The molecule has 0 spiro atoms. The minimum Gasteiger partial charge on any atom is -0.374 e. The SMILES string of the molecule is CCC[C@H](NC(=O)c1cc2ccccc2s1)C(=O)NCC1CN(S(=O)(=O)c2ccc(Cl)cc2Cl)CCO1. The molecule has 2 heterocycles. The molecule has 2 N–H and O–H groups in total. The lowest BCUT2D eigenvalue weighted by molar-refractivity contribution is -0.124. The Morgan fingerprint density at radius 1 is 1.19 bits per heavy atom. The fraction of sp³-hybridized carbons (Fsp3) is 0.360. The van der Waals surface area contributed by atoms with E-state index in [1.807, 2.05) is 37.3 Å². The normalized spacial score (nSPS) is 17.4. The van der Waals surface area contributed by atoms with Crippen LogP contribution < -0.4 is 10.6 Å². The molecular formula is C25H27Cl2N3O5S2. The van der Waals surface area contributed by atoms with Gasteiger partial charge in [0.25, 0.3) is 5.91 Å². The number of hydrogen-bond donors (Lipinski definition) is 2. The zero-order valence-electron chi connectivity index (χ0n) is 20.1. The topological polar surface area (TPSA) is 105 Å². The quantitative estimate of drug-likeness (QED) is 0.390. The first-order valence-electron chi connectivity index (χ1n) is 11.8. The third kappa shape index (κ3) is 6.63. The number of carbonyl (C=O) groups is 2. The number of nitrogens with one attached hydrogen (secondary N) is 2. The summed E-state index contributed by atoms with van der Waals surface area (Å²) in [6, 6.07) is 13.0. The number of thiophene rings is 1. The second-order valence-electron chi connectivity index (χ2n) is 8.64. The van der Waals surface area contributed by atoms with Crippen LogP contribution in [0.25, 0.3) is 10.1 Å². The largest absolute Gasteiger partial charge is 0.374 e. The van der Waals surface area contributed by atoms with Crippen LogP contribution in [-0.4, -0.2) is 62.9 Å². The van der Waals surface area contributed by atoms with E-state index in [2.05, 4.69) is 10.6 Å². The predicted molar refractivity (Wildman–Crippen MR) is 146 cm³/mol. The van der Waals surface area contributed by atoms with Gasteiger partial charge in [0, 0.05) is 29.4 Å². The Bertz CT molecular complexity index is 1360. The molecule has 3 aromatic rings. The Labute approximate surface area is 229 Å². The van der Waals surface area contributed by atoms with E-state index in [0.717, 1.165) is 10.1 Å². The molecule has 1 unspecified atom stereocenters. The summed E-state index contributed by atoms with van der Waals surface area (Å²) in [6.45, 7) is 2.41. The molecular weight excluding hydrogens is 557 g/mol. The Kier molecular flexibility index (Phi) is 9.10. The Morgan fingerprint density at radius 3 is 2.70 bits per heavy atom. The minimum atomic E-state index is -3.87. The molecule has 37 heavy (non-hydrogen) atoms. The Balaban J connectivity index is 1.36. The summed E-state index contributed by atoms with van der Waals surface area (Å²) < 4.78 is 34.2. The van der Waals surface area contributed by atoms with Gasteiger partial charge in [0.15, 0.2) is 0 Å². The van der Waals surface area contributed by atoms with Gasteiger partial charge >= 0.3 is 0 Å². The van der Waals surface area contributed by atoms with E-state index in [-0.39, 0.29) is 48.0 Å². The number of sulfonamides is 1. The van der Waals surface area contributed by atoms with Gasteiger partial charge in [-0.3, -0.25) is 9.59 Å². The maximum Gasteiger partial charge on any atom is 0.262 e. The zero-order chi connectivity index (χ0) is 26.6. The van der Waals surface area contributed by atoms with E-state index in [9.17, 15) is 18.0 Å². The third-order valence-electron chi connectivity index (χ3n) is 5.97. The fourth-order valence-electron chi connectivity index (χ4n) is 4.08. The molecule has 12 heteroatoms. The van der Waals surface area contributed by atoms with Crippen molar-refractivity contribution in [1.82, 2.24) is 14.9 Å². The van der Waals surface area contributed by atoms with E-state index in [4.69, 9.17) is 27.9 Å². The van der Waals surface area contributed by atoms with Crippen LogP contribution in [-0.2, 0) is 19.6 Å². The van der Waals surface area contributed by atoms with Gasteiger partial charge in [-0.1, -0.05) is 54.7 Å². The van der Waals surface area contributed by atoms with Gasteiger partial charge in [0.1, 0.15) is 10.9 Å². The van der Waals surface area contributed by atoms with Crippen molar-refractivity contribution in [1.29, 1.82) is 0 Å². The van der Waals surface area contributed by atoms with Gasteiger partial charge in [0.2, 0.25) is 15.9 Å². The molecule has 2 amide bonds. The van der Waals surface area contributed by atoms with Crippen molar-refractivity contribution >= 4 is 66.5 Å².